The lowest BCUT2D eigenvalue weighted by Crippen LogP contribution is -2.01. The average molecular weight is 280 g/mol. The van der Waals surface area contributed by atoms with Crippen molar-refractivity contribution in [3.63, 3.8) is 0 Å². The highest BCUT2D eigenvalue weighted by molar-refractivity contribution is 5.86. The number of hydrogen-bond donors (Lipinski definition) is 0. The van der Waals surface area contributed by atoms with E-state index >= 15 is 0 Å². The molecule has 0 saturated carbocycles. The molecule has 2 aromatic carbocycles. The minimum absolute atomic E-state index is 0.933. The molecule has 0 amide bonds. The van der Waals surface area contributed by atoms with Gasteiger partial charge in [0.1, 0.15) is 11.5 Å². The van der Waals surface area contributed by atoms with Crippen molar-refractivity contribution in [1.82, 2.24) is 0 Å². The molecule has 0 bridgehead atoms. The van der Waals surface area contributed by atoms with E-state index in [1.807, 2.05) is 12.1 Å². The Labute approximate surface area is 126 Å². The summed E-state index contributed by atoms with van der Waals surface area (Å²) in [5.74, 6) is 1.89. The Bertz CT molecular complexity index is 699. The molecule has 3 rings (SSSR count). The van der Waals surface area contributed by atoms with Crippen molar-refractivity contribution >= 4 is 11.6 Å². The van der Waals surface area contributed by atoms with Crippen LogP contribution in [0.5, 0.6) is 11.5 Å². The minimum atomic E-state index is 0.933. The second-order valence-electron chi connectivity index (χ2n) is 5.37. The number of allylic oxidation sites excluding steroid dienone is 1. The van der Waals surface area contributed by atoms with Crippen LogP contribution in [0.25, 0.3) is 11.6 Å². The van der Waals surface area contributed by atoms with Crippen molar-refractivity contribution in [2.75, 3.05) is 14.2 Å². The van der Waals surface area contributed by atoms with Crippen LogP contribution in [0.2, 0.25) is 0 Å². The SMILES string of the molecule is COc1ccc2c(c1)CCC(c1cccc(OC)c1C)=C2. The first-order chi connectivity index (χ1) is 10.2. The first kappa shape index (κ1) is 13.7. The van der Waals surface area contributed by atoms with Crippen molar-refractivity contribution in [3.8, 4) is 11.5 Å². The fraction of sp³-hybridized carbons (Fsp3) is 0.263. The molecule has 1 aliphatic carbocycles. The van der Waals surface area contributed by atoms with Crippen LogP contribution in [0, 0.1) is 6.92 Å². The smallest absolute Gasteiger partial charge is 0.122 e. The van der Waals surface area contributed by atoms with E-state index in [9.17, 15) is 0 Å². The van der Waals surface area contributed by atoms with Gasteiger partial charge in [0.15, 0.2) is 0 Å². The predicted octanol–water partition coefficient (Wildman–Crippen LogP) is 4.50. The number of methoxy groups -OCH3 is 2. The Morgan fingerprint density at radius 3 is 2.57 bits per heavy atom. The number of benzene rings is 2. The fourth-order valence-corrected chi connectivity index (χ4v) is 2.99. The molecule has 0 heterocycles. The van der Waals surface area contributed by atoms with Gasteiger partial charge >= 0.3 is 0 Å². The maximum Gasteiger partial charge on any atom is 0.122 e. The van der Waals surface area contributed by atoms with Crippen LogP contribution in [0.15, 0.2) is 36.4 Å². The van der Waals surface area contributed by atoms with Gasteiger partial charge in [-0.15, -0.1) is 0 Å². The van der Waals surface area contributed by atoms with Gasteiger partial charge in [0.05, 0.1) is 14.2 Å². The predicted molar refractivity (Wildman–Crippen MR) is 86.9 cm³/mol. The molecule has 2 heteroatoms. The van der Waals surface area contributed by atoms with Crippen LogP contribution < -0.4 is 9.47 Å². The van der Waals surface area contributed by atoms with E-state index in [0.717, 1.165) is 24.3 Å². The topological polar surface area (TPSA) is 18.5 Å². The molecule has 0 N–H and O–H groups in total. The molecule has 0 spiro atoms. The van der Waals surface area contributed by atoms with Crippen molar-refractivity contribution in [1.29, 1.82) is 0 Å². The van der Waals surface area contributed by atoms with Crippen LogP contribution in [0.1, 0.15) is 28.7 Å². The highest BCUT2D eigenvalue weighted by Crippen LogP contribution is 2.35. The number of rotatable bonds is 3. The van der Waals surface area contributed by atoms with Gasteiger partial charge in [0, 0.05) is 0 Å². The van der Waals surface area contributed by atoms with Crippen molar-refractivity contribution in [3.05, 3.63) is 58.7 Å². The van der Waals surface area contributed by atoms with E-state index in [0.29, 0.717) is 0 Å². The maximum atomic E-state index is 5.43. The Balaban J connectivity index is 2.03. The van der Waals surface area contributed by atoms with Gasteiger partial charge in [-0.1, -0.05) is 24.3 Å². The largest absolute Gasteiger partial charge is 0.497 e. The molecule has 1 aliphatic rings. The van der Waals surface area contributed by atoms with Gasteiger partial charge in [0.2, 0.25) is 0 Å². The zero-order valence-corrected chi connectivity index (χ0v) is 12.8. The van der Waals surface area contributed by atoms with E-state index in [-0.39, 0.29) is 0 Å². The summed E-state index contributed by atoms with van der Waals surface area (Å²) < 4.78 is 10.7. The monoisotopic (exact) mass is 280 g/mol. The molecule has 2 nitrogen and oxygen atoms in total. The van der Waals surface area contributed by atoms with E-state index in [1.165, 1.54) is 27.8 Å². The summed E-state index contributed by atoms with van der Waals surface area (Å²) in [7, 11) is 3.44. The van der Waals surface area contributed by atoms with Crippen molar-refractivity contribution in [2.45, 2.75) is 19.8 Å². The van der Waals surface area contributed by atoms with E-state index in [2.05, 4.69) is 37.3 Å². The maximum absolute atomic E-state index is 5.43. The summed E-state index contributed by atoms with van der Waals surface area (Å²) in [4.78, 5) is 0. The van der Waals surface area contributed by atoms with Gasteiger partial charge in [-0.25, -0.2) is 0 Å². The van der Waals surface area contributed by atoms with Gasteiger partial charge in [0.25, 0.3) is 0 Å². The minimum Gasteiger partial charge on any atom is -0.497 e. The molecule has 0 saturated heterocycles. The number of fused-ring (bicyclic) bond motifs is 1. The summed E-state index contributed by atoms with van der Waals surface area (Å²) in [5.41, 5.74) is 6.53. The van der Waals surface area contributed by atoms with Crippen molar-refractivity contribution in [2.24, 2.45) is 0 Å². The molecular weight excluding hydrogens is 260 g/mol. The molecule has 0 unspecified atom stereocenters. The highest BCUT2D eigenvalue weighted by atomic mass is 16.5. The summed E-state index contributed by atoms with van der Waals surface area (Å²) in [6.45, 7) is 2.12. The lowest BCUT2D eigenvalue weighted by atomic mass is 9.87. The summed E-state index contributed by atoms with van der Waals surface area (Å²) in [5, 5.41) is 0. The van der Waals surface area contributed by atoms with Crippen LogP contribution >= 0.6 is 0 Å². The van der Waals surface area contributed by atoms with E-state index in [4.69, 9.17) is 9.47 Å². The zero-order chi connectivity index (χ0) is 14.8. The molecule has 0 fully saturated rings. The first-order valence-corrected chi connectivity index (χ1v) is 7.24. The Hall–Kier alpha value is -2.22. The van der Waals surface area contributed by atoms with Crippen LogP contribution in [0.4, 0.5) is 0 Å². The van der Waals surface area contributed by atoms with Gasteiger partial charge in [-0.05, 0) is 65.8 Å². The number of hydrogen-bond acceptors (Lipinski definition) is 2. The van der Waals surface area contributed by atoms with Crippen molar-refractivity contribution < 1.29 is 9.47 Å². The second-order valence-corrected chi connectivity index (χ2v) is 5.37. The third-order valence-corrected chi connectivity index (χ3v) is 4.19. The molecule has 0 aromatic heterocycles. The van der Waals surface area contributed by atoms with Gasteiger partial charge in [-0.3, -0.25) is 0 Å². The molecular formula is C19H20O2. The lowest BCUT2D eigenvalue weighted by Gasteiger charge is -2.19. The first-order valence-electron chi connectivity index (χ1n) is 7.24. The molecule has 0 atom stereocenters. The lowest BCUT2D eigenvalue weighted by molar-refractivity contribution is 0.411. The fourth-order valence-electron chi connectivity index (χ4n) is 2.99. The average Bonchev–Trinajstić information content (AvgIpc) is 2.54. The Morgan fingerprint density at radius 2 is 1.81 bits per heavy atom. The molecule has 0 aliphatic heterocycles. The third kappa shape index (κ3) is 2.54. The van der Waals surface area contributed by atoms with E-state index < -0.39 is 0 Å². The highest BCUT2D eigenvalue weighted by Gasteiger charge is 2.15. The van der Waals surface area contributed by atoms with Gasteiger partial charge < -0.3 is 9.47 Å². The van der Waals surface area contributed by atoms with Crippen LogP contribution in [-0.2, 0) is 6.42 Å². The Morgan fingerprint density at radius 1 is 0.952 bits per heavy atom. The molecule has 2 aromatic rings. The summed E-state index contributed by atoms with van der Waals surface area (Å²) >= 11 is 0. The van der Waals surface area contributed by atoms with Crippen LogP contribution in [0.3, 0.4) is 0 Å². The molecule has 108 valence electrons. The summed E-state index contributed by atoms with van der Waals surface area (Å²) in [6, 6.07) is 12.6. The quantitative estimate of drug-likeness (QED) is 0.824. The van der Waals surface area contributed by atoms with Crippen LogP contribution in [-0.4, -0.2) is 14.2 Å². The second kappa shape index (κ2) is 5.65. The Kier molecular flexibility index (Phi) is 3.70. The number of aryl methyl sites for hydroxylation is 1. The normalized spacial score (nSPS) is 13.4. The summed E-state index contributed by atoms with van der Waals surface area (Å²) in [6.07, 6.45) is 4.39. The van der Waals surface area contributed by atoms with Gasteiger partial charge in [-0.2, -0.15) is 0 Å². The van der Waals surface area contributed by atoms with E-state index in [1.54, 1.807) is 14.2 Å². The molecule has 21 heavy (non-hydrogen) atoms. The third-order valence-electron chi connectivity index (χ3n) is 4.19. The molecule has 0 radical (unpaired) electrons. The standard InChI is InChI=1S/C19H20O2/c1-13-18(5-4-6-19(13)21-3)16-8-7-15-12-17(20-2)10-9-14(15)11-16/h4-6,9-12H,7-8H2,1-3H3. The number of ether oxygens (including phenoxy) is 2. The zero-order valence-electron chi connectivity index (χ0n) is 12.8.